The Bertz CT molecular complexity index is 359. The van der Waals surface area contributed by atoms with Gasteiger partial charge in [-0.1, -0.05) is 11.6 Å². The molecule has 0 aliphatic rings. The van der Waals surface area contributed by atoms with Crippen LogP contribution in [0.25, 0.3) is 0 Å². The molecule has 1 rings (SSSR count). The molecule has 0 heterocycles. The maximum atomic E-state index is 13.0. The molecule has 0 fully saturated rings. The van der Waals surface area contributed by atoms with Crippen LogP contribution in [0.2, 0.25) is 5.02 Å². The van der Waals surface area contributed by atoms with Crippen LogP contribution in [0.15, 0.2) is 16.6 Å². The molecule has 0 radical (unpaired) electrons. The van der Waals surface area contributed by atoms with E-state index in [1.165, 1.54) is 12.1 Å². The monoisotopic (exact) mass is 267 g/mol. The summed E-state index contributed by atoms with van der Waals surface area (Å²) in [5, 5.41) is -0.0660. The number of ether oxygens (including phenoxy) is 1. The lowest BCUT2D eigenvalue weighted by Gasteiger charge is -2.04. The van der Waals surface area contributed by atoms with Gasteiger partial charge in [0.2, 0.25) is 0 Å². The highest BCUT2D eigenvalue weighted by Crippen LogP contribution is 2.31. The third-order valence-corrected chi connectivity index (χ3v) is 2.24. The Kier molecular flexibility index (Phi) is 3.11. The number of hydrogen-bond acceptors (Lipinski definition) is 2. The van der Waals surface area contributed by atoms with Crippen molar-refractivity contribution >= 4 is 33.6 Å². The lowest BCUT2D eigenvalue weighted by atomic mass is 10.3. The minimum Gasteiger partial charge on any atom is -0.409 e. The first-order valence-electron chi connectivity index (χ1n) is 3.13. The van der Waals surface area contributed by atoms with Gasteiger partial charge in [-0.25, -0.2) is 9.18 Å². The molecule has 0 saturated carbocycles. The maximum Gasteiger partial charge on any atom is 0.410 e. The summed E-state index contributed by atoms with van der Waals surface area (Å²) < 4.78 is 17.5. The van der Waals surface area contributed by atoms with E-state index < -0.39 is 11.9 Å². The average Bonchev–Trinajstić information content (AvgIpc) is 2.06. The molecule has 0 aliphatic heterocycles. The van der Waals surface area contributed by atoms with Gasteiger partial charge in [0.25, 0.3) is 0 Å². The Morgan fingerprint density at radius 1 is 1.62 bits per heavy atom. The zero-order chi connectivity index (χ0) is 10.0. The van der Waals surface area contributed by atoms with Gasteiger partial charge in [0.15, 0.2) is 5.82 Å². The molecule has 1 aromatic carbocycles. The van der Waals surface area contributed by atoms with E-state index in [2.05, 4.69) is 20.7 Å². The van der Waals surface area contributed by atoms with Gasteiger partial charge in [-0.2, -0.15) is 0 Å². The number of carbonyl (C=O) groups excluding carboxylic acids is 1. The van der Waals surface area contributed by atoms with Gasteiger partial charge >= 0.3 is 6.09 Å². The first-order valence-corrected chi connectivity index (χ1v) is 4.30. The molecular formula is C7H4BrClFNO2. The van der Waals surface area contributed by atoms with Crippen LogP contribution in [0, 0.1) is 5.82 Å². The molecule has 0 bridgehead atoms. The predicted molar refractivity (Wildman–Crippen MR) is 49.3 cm³/mol. The van der Waals surface area contributed by atoms with Crippen LogP contribution in [-0.4, -0.2) is 6.09 Å². The van der Waals surface area contributed by atoms with Crippen LogP contribution in [0.5, 0.6) is 5.75 Å². The van der Waals surface area contributed by atoms with Gasteiger partial charge in [-0.05, 0) is 28.1 Å². The lowest BCUT2D eigenvalue weighted by Crippen LogP contribution is -2.16. The summed E-state index contributed by atoms with van der Waals surface area (Å²) >= 11 is 8.31. The van der Waals surface area contributed by atoms with Crippen molar-refractivity contribution in [2.75, 3.05) is 0 Å². The number of halogens is 3. The van der Waals surface area contributed by atoms with Crippen molar-refractivity contribution < 1.29 is 13.9 Å². The molecule has 0 saturated heterocycles. The third-order valence-electron chi connectivity index (χ3n) is 1.21. The van der Waals surface area contributed by atoms with Gasteiger partial charge in [-0.3, -0.25) is 0 Å². The van der Waals surface area contributed by atoms with Crippen LogP contribution < -0.4 is 10.5 Å². The summed E-state index contributed by atoms with van der Waals surface area (Å²) in [5.41, 5.74) is 4.74. The second-order valence-electron chi connectivity index (χ2n) is 2.09. The minimum absolute atomic E-state index is 0.00519. The van der Waals surface area contributed by atoms with Crippen LogP contribution >= 0.6 is 27.5 Å². The van der Waals surface area contributed by atoms with Crippen molar-refractivity contribution in [2.24, 2.45) is 5.73 Å². The second kappa shape index (κ2) is 3.93. The SMILES string of the molecule is NC(=O)Oc1ccc(Cl)c(F)c1Br. The summed E-state index contributed by atoms with van der Waals surface area (Å²) in [5.74, 6) is -0.699. The first-order chi connectivity index (χ1) is 6.02. The predicted octanol–water partition coefficient (Wildman–Crippen LogP) is 2.70. The maximum absolute atomic E-state index is 13.0. The summed E-state index contributed by atoms with van der Waals surface area (Å²) in [4.78, 5) is 10.3. The van der Waals surface area contributed by atoms with Gasteiger partial charge in [0.05, 0.1) is 9.50 Å². The van der Waals surface area contributed by atoms with E-state index in [1.54, 1.807) is 0 Å². The number of benzene rings is 1. The quantitative estimate of drug-likeness (QED) is 0.796. The van der Waals surface area contributed by atoms with Crippen molar-refractivity contribution in [3.05, 3.63) is 27.4 Å². The number of primary amides is 1. The average molecular weight is 268 g/mol. The molecular weight excluding hydrogens is 264 g/mol. The van der Waals surface area contributed by atoms with Crippen molar-refractivity contribution in [1.82, 2.24) is 0 Å². The van der Waals surface area contributed by atoms with E-state index in [0.717, 1.165) is 0 Å². The van der Waals surface area contributed by atoms with E-state index >= 15 is 0 Å². The zero-order valence-corrected chi connectivity index (χ0v) is 8.52. The van der Waals surface area contributed by atoms with Crippen LogP contribution in [0.3, 0.4) is 0 Å². The molecule has 13 heavy (non-hydrogen) atoms. The summed E-state index contributed by atoms with van der Waals surface area (Å²) in [7, 11) is 0. The van der Waals surface area contributed by atoms with Crippen LogP contribution in [0.4, 0.5) is 9.18 Å². The smallest absolute Gasteiger partial charge is 0.409 e. The van der Waals surface area contributed by atoms with Gasteiger partial charge < -0.3 is 10.5 Å². The van der Waals surface area contributed by atoms with E-state index in [0.29, 0.717) is 0 Å². The van der Waals surface area contributed by atoms with Gasteiger partial charge in [0, 0.05) is 0 Å². The fraction of sp³-hybridized carbons (Fsp3) is 0. The number of rotatable bonds is 1. The summed E-state index contributed by atoms with van der Waals surface area (Å²) in [6.07, 6.45) is -1.01. The van der Waals surface area contributed by atoms with Gasteiger partial charge in [0.1, 0.15) is 5.75 Å². The standard InChI is InChI=1S/C7H4BrClFNO2/c8-5-4(13-7(11)12)2-1-3(9)6(5)10/h1-2H,(H2,11,12). The number of amides is 1. The highest BCUT2D eigenvalue weighted by atomic mass is 79.9. The molecule has 1 amide bonds. The molecule has 3 nitrogen and oxygen atoms in total. The normalized spacial score (nSPS) is 9.77. The Morgan fingerprint density at radius 3 is 2.77 bits per heavy atom. The fourth-order valence-electron chi connectivity index (χ4n) is 0.695. The first kappa shape index (κ1) is 10.3. The Morgan fingerprint density at radius 2 is 2.23 bits per heavy atom. The molecule has 0 atom stereocenters. The lowest BCUT2D eigenvalue weighted by molar-refractivity contribution is 0.210. The van der Waals surface area contributed by atoms with Gasteiger partial charge in [-0.15, -0.1) is 0 Å². The zero-order valence-electron chi connectivity index (χ0n) is 6.18. The van der Waals surface area contributed by atoms with E-state index in [1.807, 2.05) is 0 Å². The fourth-order valence-corrected chi connectivity index (χ4v) is 1.39. The van der Waals surface area contributed by atoms with Crippen molar-refractivity contribution in [1.29, 1.82) is 0 Å². The molecule has 0 aliphatic carbocycles. The molecule has 0 spiro atoms. The highest BCUT2D eigenvalue weighted by Gasteiger charge is 2.12. The number of nitrogens with two attached hydrogens (primary N) is 1. The Hall–Kier alpha value is -0.810. The minimum atomic E-state index is -1.01. The highest BCUT2D eigenvalue weighted by molar-refractivity contribution is 9.10. The Balaban J connectivity index is 3.10. The molecule has 0 unspecified atom stereocenters. The van der Waals surface area contributed by atoms with Crippen molar-refractivity contribution in [3.8, 4) is 5.75 Å². The van der Waals surface area contributed by atoms with Crippen molar-refractivity contribution in [2.45, 2.75) is 0 Å². The van der Waals surface area contributed by atoms with E-state index in [9.17, 15) is 9.18 Å². The van der Waals surface area contributed by atoms with E-state index in [-0.39, 0.29) is 15.2 Å². The summed E-state index contributed by atoms with van der Waals surface area (Å²) in [6, 6.07) is 2.60. The third kappa shape index (κ3) is 2.32. The van der Waals surface area contributed by atoms with Crippen LogP contribution in [-0.2, 0) is 0 Å². The molecule has 1 aromatic rings. The number of carbonyl (C=O) groups is 1. The van der Waals surface area contributed by atoms with Crippen molar-refractivity contribution in [3.63, 3.8) is 0 Å². The molecule has 0 aromatic heterocycles. The Labute approximate surface area is 86.7 Å². The topological polar surface area (TPSA) is 52.3 Å². The molecule has 70 valence electrons. The molecule has 2 N–H and O–H groups in total. The van der Waals surface area contributed by atoms with E-state index in [4.69, 9.17) is 17.3 Å². The number of hydrogen-bond donors (Lipinski definition) is 1. The molecule has 6 heteroatoms. The second-order valence-corrected chi connectivity index (χ2v) is 3.29. The summed E-state index contributed by atoms with van der Waals surface area (Å²) in [6.45, 7) is 0. The largest absolute Gasteiger partial charge is 0.410 e. The van der Waals surface area contributed by atoms with Crippen LogP contribution in [0.1, 0.15) is 0 Å².